The van der Waals surface area contributed by atoms with Gasteiger partial charge in [0, 0.05) is 25.9 Å². The van der Waals surface area contributed by atoms with E-state index in [0.717, 1.165) is 21.4 Å². The molecule has 2 aromatic heterocycles. The highest BCUT2D eigenvalue weighted by Crippen LogP contribution is 2.42. The van der Waals surface area contributed by atoms with Crippen LogP contribution in [0.1, 0.15) is 15.2 Å². The van der Waals surface area contributed by atoms with Crippen molar-refractivity contribution in [2.24, 2.45) is 0 Å². The van der Waals surface area contributed by atoms with Crippen molar-refractivity contribution in [3.8, 4) is 10.4 Å². The van der Waals surface area contributed by atoms with Crippen molar-refractivity contribution in [1.29, 1.82) is 0 Å². The summed E-state index contributed by atoms with van der Waals surface area (Å²) in [6.07, 6.45) is 0. The van der Waals surface area contributed by atoms with Crippen LogP contribution >= 0.6 is 22.7 Å². The van der Waals surface area contributed by atoms with Gasteiger partial charge in [-0.05, 0) is 18.6 Å². The Labute approximate surface area is 117 Å². The molecule has 0 saturated carbocycles. The molecule has 0 spiro atoms. The summed E-state index contributed by atoms with van der Waals surface area (Å²) in [6, 6.07) is 8.11. The molecule has 19 heavy (non-hydrogen) atoms. The number of carboxylic acid groups (broad SMARTS) is 1. The minimum Gasteiger partial charge on any atom is -0.477 e. The molecule has 0 unspecified atom stereocenters. The van der Waals surface area contributed by atoms with Crippen LogP contribution in [0.2, 0.25) is 0 Å². The van der Waals surface area contributed by atoms with E-state index in [0.29, 0.717) is 5.69 Å². The molecule has 96 valence electrons. The summed E-state index contributed by atoms with van der Waals surface area (Å²) in [5, 5.41) is 12.4. The number of benzene rings is 1. The Morgan fingerprint density at radius 2 is 2.05 bits per heavy atom. The summed E-state index contributed by atoms with van der Waals surface area (Å²) in [5.41, 5.74) is 8.19. The van der Waals surface area contributed by atoms with Crippen LogP contribution in [0.4, 0.5) is 5.69 Å². The topological polar surface area (TPSA) is 63.3 Å². The Hall–Kier alpha value is -1.85. The molecule has 0 radical (unpaired) electrons. The summed E-state index contributed by atoms with van der Waals surface area (Å²) in [6.45, 7) is 1.88. The Balaban J connectivity index is 2.28. The molecule has 3 aromatic rings. The lowest BCUT2D eigenvalue weighted by molar-refractivity contribution is 0.0703. The van der Waals surface area contributed by atoms with Gasteiger partial charge in [-0.1, -0.05) is 18.2 Å². The van der Waals surface area contributed by atoms with Crippen LogP contribution in [0.3, 0.4) is 0 Å². The van der Waals surface area contributed by atoms with Gasteiger partial charge in [0.1, 0.15) is 4.88 Å². The first-order valence-corrected chi connectivity index (χ1v) is 7.38. The quantitative estimate of drug-likeness (QED) is 0.742. The smallest absolute Gasteiger partial charge is 0.348 e. The second-order valence-corrected chi connectivity index (χ2v) is 6.18. The van der Waals surface area contributed by atoms with E-state index in [1.165, 1.54) is 16.0 Å². The molecule has 3 nitrogen and oxygen atoms in total. The lowest BCUT2D eigenvalue weighted by Gasteiger charge is -1.98. The second kappa shape index (κ2) is 4.36. The van der Waals surface area contributed by atoms with Crippen molar-refractivity contribution in [1.82, 2.24) is 0 Å². The molecule has 3 rings (SSSR count). The van der Waals surface area contributed by atoms with Crippen molar-refractivity contribution in [3.05, 3.63) is 40.1 Å². The number of nitrogens with two attached hydrogens (primary N) is 1. The summed E-state index contributed by atoms with van der Waals surface area (Å²) >= 11 is 2.91. The average Bonchev–Trinajstić information content (AvgIpc) is 2.93. The van der Waals surface area contributed by atoms with E-state index < -0.39 is 5.97 Å². The zero-order chi connectivity index (χ0) is 13.6. The van der Waals surface area contributed by atoms with Crippen molar-refractivity contribution in [2.75, 3.05) is 5.73 Å². The van der Waals surface area contributed by atoms with Crippen LogP contribution in [0.25, 0.3) is 20.5 Å². The molecule has 0 amide bonds. The maximum Gasteiger partial charge on any atom is 0.348 e. The van der Waals surface area contributed by atoms with Gasteiger partial charge in [-0.25, -0.2) is 4.79 Å². The fourth-order valence-electron chi connectivity index (χ4n) is 2.10. The third-order valence-electron chi connectivity index (χ3n) is 3.11. The van der Waals surface area contributed by atoms with Crippen molar-refractivity contribution >= 4 is 44.4 Å². The number of anilines is 1. The molecule has 0 bridgehead atoms. The molecule has 1 aromatic carbocycles. The van der Waals surface area contributed by atoms with Gasteiger partial charge in [0.05, 0.1) is 5.69 Å². The number of hydrogen-bond acceptors (Lipinski definition) is 4. The van der Waals surface area contributed by atoms with Crippen LogP contribution in [-0.4, -0.2) is 11.1 Å². The zero-order valence-corrected chi connectivity index (χ0v) is 11.8. The Bertz CT molecular complexity index is 786. The number of hydrogen-bond donors (Lipinski definition) is 2. The first kappa shape index (κ1) is 12.2. The molecule has 0 saturated heterocycles. The molecule has 0 aliphatic carbocycles. The van der Waals surface area contributed by atoms with E-state index in [1.54, 1.807) is 11.3 Å². The predicted molar refractivity (Wildman–Crippen MR) is 81.2 cm³/mol. The number of rotatable bonds is 2. The van der Waals surface area contributed by atoms with Gasteiger partial charge in [-0.15, -0.1) is 22.7 Å². The van der Waals surface area contributed by atoms with Crippen LogP contribution in [-0.2, 0) is 0 Å². The second-order valence-electron chi connectivity index (χ2n) is 4.25. The number of fused-ring (bicyclic) bond motifs is 1. The summed E-state index contributed by atoms with van der Waals surface area (Å²) in [4.78, 5) is 12.3. The lowest BCUT2D eigenvalue weighted by atomic mass is 10.1. The maximum atomic E-state index is 11.2. The van der Waals surface area contributed by atoms with Gasteiger partial charge < -0.3 is 10.8 Å². The fourth-order valence-corrected chi connectivity index (χ4v) is 4.22. The van der Waals surface area contributed by atoms with Crippen molar-refractivity contribution < 1.29 is 9.90 Å². The first-order chi connectivity index (χ1) is 9.09. The highest BCUT2D eigenvalue weighted by molar-refractivity contribution is 7.20. The van der Waals surface area contributed by atoms with Crippen LogP contribution in [0, 0.1) is 6.92 Å². The predicted octanol–water partition coefficient (Wildman–Crippen LogP) is 4.22. The molecule has 2 heterocycles. The van der Waals surface area contributed by atoms with Gasteiger partial charge in [0.2, 0.25) is 0 Å². The molecular formula is C14H11NO2S2. The standard InChI is InChI=1S/C14H11NO2S2/c1-7-11(15)13(14(16)17)19-12(7)9-6-18-10-5-3-2-4-8(9)10/h2-6H,15H2,1H3,(H,16,17). The number of carbonyl (C=O) groups is 1. The monoisotopic (exact) mass is 289 g/mol. The van der Waals surface area contributed by atoms with Gasteiger partial charge in [-0.2, -0.15) is 0 Å². The van der Waals surface area contributed by atoms with Crippen molar-refractivity contribution in [3.63, 3.8) is 0 Å². The first-order valence-electron chi connectivity index (χ1n) is 5.68. The Morgan fingerprint density at radius 3 is 2.74 bits per heavy atom. The highest BCUT2D eigenvalue weighted by atomic mass is 32.1. The SMILES string of the molecule is Cc1c(-c2csc3ccccc23)sc(C(=O)O)c1N. The van der Waals surface area contributed by atoms with E-state index in [2.05, 4.69) is 17.5 Å². The van der Waals surface area contributed by atoms with Crippen LogP contribution < -0.4 is 5.73 Å². The maximum absolute atomic E-state index is 11.2. The average molecular weight is 289 g/mol. The molecule has 0 atom stereocenters. The van der Waals surface area contributed by atoms with Gasteiger partial charge >= 0.3 is 5.97 Å². The summed E-state index contributed by atoms with van der Waals surface area (Å²) < 4.78 is 1.20. The Morgan fingerprint density at radius 1 is 1.32 bits per heavy atom. The highest BCUT2D eigenvalue weighted by Gasteiger charge is 2.20. The zero-order valence-electron chi connectivity index (χ0n) is 10.1. The summed E-state index contributed by atoms with van der Waals surface area (Å²) in [5.74, 6) is -0.962. The van der Waals surface area contributed by atoms with E-state index in [-0.39, 0.29) is 4.88 Å². The Kier molecular flexibility index (Phi) is 2.80. The summed E-state index contributed by atoms with van der Waals surface area (Å²) in [7, 11) is 0. The molecule has 0 aliphatic heterocycles. The van der Waals surface area contributed by atoms with Gasteiger partial charge in [-0.3, -0.25) is 0 Å². The molecular weight excluding hydrogens is 278 g/mol. The number of nitrogen functional groups attached to an aromatic ring is 1. The third-order valence-corrected chi connectivity index (χ3v) is 5.41. The molecule has 0 fully saturated rings. The lowest BCUT2D eigenvalue weighted by Crippen LogP contribution is -1.97. The molecule has 5 heteroatoms. The fraction of sp³-hybridized carbons (Fsp3) is 0.0714. The van der Waals surface area contributed by atoms with E-state index in [1.807, 2.05) is 19.1 Å². The van der Waals surface area contributed by atoms with E-state index in [9.17, 15) is 4.79 Å². The molecule has 0 aliphatic rings. The van der Waals surface area contributed by atoms with Crippen molar-refractivity contribution in [2.45, 2.75) is 6.92 Å². The van der Waals surface area contributed by atoms with Gasteiger partial charge in [0.15, 0.2) is 0 Å². The number of aromatic carboxylic acids is 1. The largest absolute Gasteiger partial charge is 0.477 e. The minimum absolute atomic E-state index is 0.225. The van der Waals surface area contributed by atoms with Crippen LogP contribution in [0.15, 0.2) is 29.6 Å². The number of carboxylic acids is 1. The van der Waals surface area contributed by atoms with E-state index >= 15 is 0 Å². The normalized spacial score (nSPS) is 11.0. The molecule has 3 N–H and O–H groups in total. The number of thiophene rings is 2. The van der Waals surface area contributed by atoms with Crippen LogP contribution in [0.5, 0.6) is 0 Å². The minimum atomic E-state index is -0.962. The third kappa shape index (κ3) is 1.82. The van der Waals surface area contributed by atoms with Gasteiger partial charge in [0.25, 0.3) is 0 Å². The van der Waals surface area contributed by atoms with E-state index in [4.69, 9.17) is 10.8 Å².